The van der Waals surface area contributed by atoms with Gasteiger partial charge in [-0.15, -0.1) is 0 Å². The number of hydrogen-bond donors (Lipinski definition) is 1. The lowest BCUT2D eigenvalue weighted by Crippen LogP contribution is -2.27. The van der Waals surface area contributed by atoms with Crippen LogP contribution in [0.25, 0.3) is 0 Å². The lowest BCUT2D eigenvalue weighted by molar-refractivity contribution is 0.0564. The van der Waals surface area contributed by atoms with Crippen LogP contribution in [0.2, 0.25) is 0 Å². The zero-order valence-corrected chi connectivity index (χ0v) is 7.97. The lowest BCUT2D eigenvalue weighted by atomic mass is 10.1. The predicted octanol–water partition coefficient (Wildman–Crippen LogP) is 0.901. The van der Waals surface area contributed by atoms with E-state index >= 15 is 0 Å². The summed E-state index contributed by atoms with van der Waals surface area (Å²) in [7, 11) is 0. The number of nitrogens with two attached hydrogens (primary N) is 1. The van der Waals surface area contributed by atoms with Crippen LogP contribution in [0.4, 0.5) is 0 Å². The summed E-state index contributed by atoms with van der Waals surface area (Å²) in [6.07, 6.45) is 4.90. The second kappa shape index (κ2) is 4.89. The highest BCUT2D eigenvalue weighted by atomic mass is 16.5. The summed E-state index contributed by atoms with van der Waals surface area (Å²) < 4.78 is 5.37. The van der Waals surface area contributed by atoms with Crippen LogP contribution in [0.5, 0.6) is 0 Å². The van der Waals surface area contributed by atoms with E-state index in [1.54, 1.807) is 18.6 Å². The summed E-state index contributed by atoms with van der Waals surface area (Å²) >= 11 is 0. The molecule has 0 aliphatic heterocycles. The molecule has 1 aromatic rings. The minimum atomic E-state index is -0.200. The maximum Gasteiger partial charge on any atom is 0.0780 e. The van der Waals surface area contributed by atoms with E-state index in [0.717, 1.165) is 5.69 Å². The third-order valence-electron chi connectivity index (χ3n) is 1.86. The molecule has 0 saturated heterocycles. The maximum atomic E-state index is 5.90. The summed E-state index contributed by atoms with van der Waals surface area (Å²) in [5.74, 6) is 0. The van der Waals surface area contributed by atoms with Gasteiger partial charge in [0.2, 0.25) is 0 Å². The van der Waals surface area contributed by atoms with Crippen molar-refractivity contribution < 1.29 is 4.74 Å². The summed E-state index contributed by atoms with van der Waals surface area (Å²) in [6.45, 7) is 4.54. The molecular weight excluding hydrogens is 166 g/mol. The van der Waals surface area contributed by atoms with Gasteiger partial charge in [0.1, 0.15) is 0 Å². The van der Waals surface area contributed by atoms with Gasteiger partial charge in [-0.05, 0) is 13.8 Å². The van der Waals surface area contributed by atoms with Crippen LogP contribution in [0.1, 0.15) is 25.6 Å². The molecule has 0 aromatic carbocycles. The van der Waals surface area contributed by atoms with Crippen molar-refractivity contribution in [1.82, 2.24) is 9.97 Å². The summed E-state index contributed by atoms with van der Waals surface area (Å²) in [6, 6.07) is -0.200. The molecule has 0 amide bonds. The Balaban J connectivity index is 2.62. The Morgan fingerprint density at radius 1 is 1.54 bits per heavy atom. The fourth-order valence-electron chi connectivity index (χ4n) is 1.09. The number of rotatable bonds is 4. The SMILES string of the molecule is CCOC(C)C(N)c1cnccn1. The lowest BCUT2D eigenvalue weighted by Gasteiger charge is -2.18. The third kappa shape index (κ3) is 2.75. The fourth-order valence-corrected chi connectivity index (χ4v) is 1.09. The number of nitrogens with zero attached hydrogens (tertiary/aromatic N) is 2. The monoisotopic (exact) mass is 181 g/mol. The molecule has 13 heavy (non-hydrogen) atoms. The van der Waals surface area contributed by atoms with Gasteiger partial charge in [0.25, 0.3) is 0 Å². The van der Waals surface area contributed by atoms with Crippen LogP contribution in [-0.4, -0.2) is 22.7 Å². The highest BCUT2D eigenvalue weighted by Crippen LogP contribution is 2.12. The fraction of sp³-hybridized carbons (Fsp3) is 0.556. The van der Waals surface area contributed by atoms with Crippen molar-refractivity contribution >= 4 is 0 Å². The molecule has 0 bridgehead atoms. The minimum Gasteiger partial charge on any atom is -0.377 e. The number of aromatic nitrogens is 2. The molecule has 0 spiro atoms. The first kappa shape index (κ1) is 10.1. The Labute approximate surface area is 78.1 Å². The van der Waals surface area contributed by atoms with Crippen molar-refractivity contribution in [1.29, 1.82) is 0 Å². The molecule has 72 valence electrons. The van der Waals surface area contributed by atoms with Gasteiger partial charge in [-0.2, -0.15) is 0 Å². The first-order valence-electron chi connectivity index (χ1n) is 4.38. The zero-order valence-electron chi connectivity index (χ0n) is 7.97. The molecule has 2 N–H and O–H groups in total. The van der Waals surface area contributed by atoms with Gasteiger partial charge in [0, 0.05) is 19.0 Å². The van der Waals surface area contributed by atoms with Crippen molar-refractivity contribution in [3.8, 4) is 0 Å². The van der Waals surface area contributed by atoms with E-state index < -0.39 is 0 Å². The van der Waals surface area contributed by atoms with E-state index in [1.165, 1.54) is 0 Å². The van der Waals surface area contributed by atoms with Gasteiger partial charge in [-0.3, -0.25) is 9.97 Å². The molecule has 0 aliphatic carbocycles. The zero-order chi connectivity index (χ0) is 9.68. The van der Waals surface area contributed by atoms with Gasteiger partial charge in [0.05, 0.1) is 24.0 Å². The van der Waals surface area contributed by atoms with Crippen LogP contribution in [-0.2, 0) is 4.74 Å². The standard InChI is InChI=1S/C9H15N3O/c1-3-13-7(2)9(10)8-6-11-4-5-12-8/h4-7,9H,3,10H2,1-2H3. The topological polar surface area (TPSA) is 61.0 Å². The van der Waals surface area contributed by atoms with Crippen LogP contribution in [0.15, 0.2) is 18.6 Å². The van der Waals surface area contributed by atoms with Gasteiger partial charge < -0.3 is 10.5 Å². The predicted molar refractivity (Wildman–Crippen MR) is 50.0 cm³/mol. The minimum absolute atomic E-state index is 0.0262. The highest BCUT2D eigenvalue weighted by molar-refractivity contribution is 5.02. The van der Waals surface area contributed by atoms with Gasteiger partial charge in [-0.25, -0.2) is 0 Å². The number of ether oxygens (including phenoxy) is 1. The van der Waals surface area contributed by atoms with Crippen molar-refractivity contribution in [2.75, 3.05) is 6.61 Å². The quantitative estimate of drug-likeness (QED) is 0.749. The van der Waals surface area contributed by atoms with Crippen LogP contribution in [0, 0.1) is 0 Å². The molecule has 2 unspecified atom stereocenters. The van der Waals surface area contributed by atoms with Gasteiger partial charge >= 0.3 is 0 Å². The molecule has 1 aromatic heterocycles. The summed E-state index contributed by atoms with van der Waals surface area (Å²) in [5.41, 5.74) is 6.66. The van der Waals surface area contributed by atoms with Crippen molar-refractivity contribution in [3.05, 3.63) is 24.3 Å². The molecule has 4 heteroatoms. The molecule has 0 saturated carbocycles. The molecule has 2 atom stereocenters. The highest BCUT2D eigenvalue weighted by Gasteiger charge is 2.15. The van der Waals surface area contributed by atoms with E-state index in [-0.39, 0.29) is 12.1 Å². The van der Waals surface area contributed by atoms with Crippen LogP contribution < -0.4 is 5.73 Å². The van der Waals surface area contributed by atoms with Crippen molar-refractivity contribution in [2.45, 2.75) is 26.0 Å². The Hall–Kier alpha value is -1.00. The average Bonchev–Trinajstić information content (AvgIpc) is 2.18. The van der Waals surface area contributed by atoms with E-state index in [1.807, 2.05) is 13.8 Å². The third-order valence-corrected chi connectivity index (χ3v) is 1.86. The Bertz CT molecular complexity index is 240. The Morgan fingerprint density at radius 2 is 2.31 bits per heavy atom. The normalized spacial score (nSPS) is 15.3. The smallest absolute Gasteiger partial charge is 0.0780 e. The first-order valence-corrected chi connectivity index (χ1v) is 4.38. The molecule has 0 fully saturated rings. The number of hydrogen-bond acceptors (Lipinski definition) is 4. The first-order chi connectivity index (χ1) is 6.25. The van der Waals surface area contributed by atoms with Gasteiger partial charge in [0.15, 0.2) is 0 Å². The molecule has 1 heterocycles. The molecule has 1 rings (SSSR count). The molecule has 0 aliphatic rings. The van der Waals surface area contributed by atoms with Gasteiger partial charge in [-0.1, -0.05) is 0 Å². The molecule has 0 radical (unpaired) electrons. The van der Waals surface area contributed by atoms with Crippen molar-refractivity contribution in [3.63, 3.8) is 0 Å². The average molecular weight is 181 g/mol. The van der Waals surface area contributed by atoms with E-state index in [4.69, 9.17) is 10.5 Å². The Morgan fingerprint density at radius 3 is 2.85 bits per heavy atom. The summed E-state index contributed by atoms with van der Waals surface area (Å²) in [5, 5.41) is 0. The molecular formula is C9H15N3O. The van der Waals surface area contributed by atoms with E-state index in [0.29, 0.717) is 6.61 Å². The second-order valence-electron chi connectivity index (χ2n) is 2.82. The summed E-state index contributed by atoms with van der Waals surface area (Å²) in [4.78, 5) is 8.06. The Kier molecular flexibility index (Phi) is 3.79. The van der Waals surface area contributed by atoms with E-state index in [9.17, 15) is 0 Å². The van der Waals surface area contributed by atoms with Crippen LogP contribution in [0.3, 0.4) is 0 Å². The largest absolute Gasteiger partial charge is 0.377 e. The van der Waals surface area contributed by atoms with Crippen molar-refractivity contribution in [2.24, 2.45) is 5.73 Å². The molecule has 4 nitrogen and oxygen atoms in total. The van der Waals surface area contributed by atoms with Crippen LogP contribution >= 0.6 is 0 Å². The van der Waals surface area contributed by atoms with E-state index in [2.05, 4.69) is 9.97 Å². The maximum absolute atomic E-state index is 5.90. The second-order valence-corrected chi connectivity index (χ2v) is 2.82.